The molecular weight excluding hydrogens is 360 g/mol. The summed E-state index contributed by atoms with van der Waals surface area (Å²) >= 11 is 4.46. The van der Waals surface area contributed by atoms with Crippen LogP contribution in [0, 0.1) is 0 Å². The van der Waals surface area contributed by atoms with Gasteiger partial charge in [-0.05, 0) is 18.2 Å². The molecule has 6 nitrogen and oxygen atoms in total. The van der Waals surface area contributed by atoms with Crippen LogP contribution >= 0.6 is 27.3 Å². The van der Waals surface area contributed by atoms with Crippen molar-refractivity contribution in [3.8, 4) is 5.75 Å². The molecule has 1 amide bonds. The molecule has 21 heavy (non-hydrogen) atoms. The van der Waals surface area contributed by atoms with E-state index in [2.05, 4.69) is 26.2 Å². The maximum absolute atomic E-state index is 11.9. The summed E-state index contributed by atoms with van der Waals surface area (Å²) in [6.45, 7) is 0.303. The molecule has 0 aliphatic carbocycles. The predicted molar refractivity (Wildman–Crippen MR) is 80.9 cm³/mol. The van der Waals surface area contributed by atoms with Crippen LogP contribution in [0.15, 0.2) is 28.1 Å². The smallest absolute Gasteiger partial charge is 0.355 e. The van der Waals surface area contributed by atoms with Crippen LogP contribution < -0.4 is 5.32 Å². The summed E-state index contributed by atoms with van der Waals surface area (Å²) < 4.78 is 0.691. The van der Waals surface area contributed by atoms with Gasteiger partial charge in [-0.3, -0.25) is 4.79 Å². The highest BCUT2D eigenvalue weighted by Gasteiger charge is 2.12. The second kappa shape index (κ2) is 6.68. The number of rotatable bonds is 5. The lowest BCUT2D eigenvalue weighted by molar-refractivity contribution is 0.0690. The van der Waals surface area contributed by atoms with Gasteiger partial charge in [-0.15, -0.1) is 11.3 Å². The average Bonchev–Trinajstić information content (AvgIpc) is 2.90. The summed E-state index contributed by atoms with van der Waals surface area (Å²) in [4.78, 5) is 26.5. The lowest BCUT2D eigenvalue weighted by Crippen LogP contribution is -2.25. The van der Waals surface area contributed by atoms with Crippen molar-refractivity contribution in [2.24, 2.45) is 0 Å². The van der Waals surface area contributed by atoms with Crippen LogP contribution in [0.5, 0.6) is 5.75 Å². The Morgan fingerprint density at radius 3 is 2.81 bits per heavy atom. The predicted octanol–water partition coefficient (Wildman–Crippen LogP) is 2.28. The maximum atomic E-state index is 11.9. The molecule has 1 aromatic heterocycles. The number of benzene rings is 1. The third-order valence-electron chi connectivity index (χ3n) is 2.60. The largest absolute Gasteiger partial charge is 0.507 e. The number of carbonyl (C=O) groups is 2. The van der Waals surface area contributed by atoms with Gasteiger partial charge in [-0.25, -0.2) is 9.78 Å². The van der Waals surface area contributed by atoms with Gasteiger partial charge in [-0.1, -0.05) is 15.9 Å². The zero-order valence-corrected chi connectivity index (χ0v) is 13.1. The molecule has 0 aliphatic rings. The highest BCUT2D eigenvalue weighted by Crippen LogP contribution is 2.21. The molecule has 3 N–H and O–H groups in total. The zero-order chi connectivity index (χ0) is 15.4. The highest BCUT2D eigenvalue weighted by atomic mass is 79.9. The van der Waals surface area contributed by atoms with Crippen LogP contribution in [-0.2, 0) is 6.42 Å². The first-order valence-electron chi connectivity index (χ1n) is 5.92. The molecule has 0 atom stereocenters. The molecule has 0 saturated heterocycles. The van der Waals surface area contributed by atoms with E-state index in [4.69, 9.17) is 5.11 Å². The van der Waals surface area contributed by atoms with E-state index >= 15 is 0 Å². The number of carboxylic acid groups (broad SMARTS) is 1. The molecule has 2 aromatic rings. The summed E-state index contributed by atoms with van der Waals surface area (Å²) in [6.07, 6.45) is 0.429. The van der Waals surface area contributed by atoms with Gasteiger partial charge in [0.2, 0.25) is 0 Å². The average molecular weight is 371 g/mol. The van der Waals surface area contributed by atoms with Crippen LogP contribution in [0.2, 0.25) is 0 Å². The number of halogens is 1. The Morgan fingerprint density at radius 1 is 1.38 bits per heavy atom. The second-order valence-electron chi connectivity index (χ2n) is 4.10. The minimum absolute atomic E-state index is 0.00552. The molecule has 0 spiro atoms. The summed E-state index contributed by atoms with van der Waals surface area (Å²) in [5.74, 6) is -1.57. The third kappa shape index (κ3) is 4.02. The van der Waals surface area contributed by atoms with Gasteiger partial charge in [0.25, 0.3) is 5.91 Å². The van der Waals surface area contributed by atoms with E-state index < -0.39 is 11.9 Å². The molecule has 0 fully saturated rings. The topological polar surface area (TPSA) is 99.5 Å². The Hall–Kier alpha value is -1.93. The van der Waals surface area contributed by atoms with Crippen LogP contribution in [0.4, 0.5) is 0 Å². The van der Waals surface area contributed by atoms with Gasteiger partial charge in [0.1, 0.15) is 5.75 Å². The SMILES string of the molecule is O=C(O)c1csc(CCNC(=O)c2cc(Br)ccc2O)n1. The van der Waals surface area contributed by atoms with Crippen molar-refractivity contribution in [1.29, 1.82) is 0 Å². The van der Waals surface area contributed by atoms with E-state index in [0.29, 0.717) is 22.4 Å². The molecule has 0 saturated carbocycles. The first-order chi connectivity index (χ1) is 9.97. The van der Waals surface area contributed by atoms with E-state index in [9.17, 15) is 14.7 Å². The van der Waals surface area contributed by atoms with Gasteiger partial charge < -0.3 is 15.5 Å². The Kier molecular flexibility index (Phi) is 4.92. The summed E-state index contributed by atoms with van der Waals surface area (Å²) in [5, 5.41) is 23.1. The minimum Gasteiger partial charge on any atom is -0.507 e. The summed E-state index contributed by atoms with van der Waals surface area (Å²) in [7, 11) is 0. The number of nitrogens with one attached hydrogen (secondary N) is 1. The first kappa shape index (κ1) is 15.5. The van der Waals surface area contributed by atoms with Crippen molar-refractivity contribution in [2.75, 3.05) is 6.54 Å². The number of amides is 1. The fourth-order valence-corrected chi connectivity index (χ4v) is 2.73. The van der Waals surface area contributed by atoms with Gasteiger partial charge in [0.05, 0.1) is 10.6 Å². The molecule has 8 heteroatoms. The monoisotopic (exact) mass is 370 g/mol. The number of hydrogen-bond acceptors (Lipinski definition) is 5. The standard InChI is InChI=1S/C13H11BrN2O4S/c14-7-1-2-10(17)8(5-7)12(18)15-4-3-11-16-9(6-21-11)13(19)20/h1-2,5-6,17H,3-4H2,(H,15,18)(H,19,20). The molecule has 0 unspecified atom stereocenters. The molecule has 110 valence electrons. The van der Waals surface area contributed by atoms with Crippen molar-refractivity contribution < 1.29 is 19.8 Å². The number of aromatic nitrogens is 1. The number of nitrogens with zero attached hydrogens (tertiary/aromatic N) is 1. The Labute approximate surface area is 132 Å². The quantitative estimate of drug-likeness (QED) is 0.749. The number of carbonyl (C=O) groups excluding carboxylic acids is 1. The number of aromatic carboxylic acids is 1. The molecule has 0 bridgehead atoms. The van der Waals surface area contributed by atoms with E-state index in [-0.39, 0.29) is 17.0 Å². The molecule has 2 rings (SSSR count). The molecule has 1 heterocycles. The second-order valence-corrected chi connectivity index (χ2v) is 5.96. The fraction of sp³-hybridized carbons (Fsp3) is 0.154. The van der Waals surface area contributed by atoms with E-state index in [1.807, 2.05) is 0 Å². The summed E-state index contributed by atoms with van der Waals surface area (Å²) in [5.41, 5.74) is 0.181. The van der Waals surface area contributed by atoms with E-state index in [0.717, 1.165) is 0 Å². The van der Waals surface area contributed by atoms with Gasteiger partial charge in [-0.2, -0.15) is 0 Å². The lowest BCUT2D eigenvalue weighted by Gasteiger charge is -2.06. The molecular formula is C13H11BrN2O4S. The van der Waals surface area contributed by atoms with Crippen molar-refractivity contribution >= 4 is 39.1 Å². The molecule has 0 radical (unpaired) electrons. The molecule has 1 aromatic carbocycles. The number of phenolic OH excluding ortho intramolecular Hbond substituents is 1. The highest BCUT2D eigenvalue weighted by molar-refractivity contribution is 9.10. The normalized spacial score (nSPS) is 10.3. The Morgan fingerprint density at radius 2 is 2.14 bits per heavy atom. The number of thiazole rings is 1. The third-order valence-corrected chi connectivity index (χ3v) is 4.00. The van der Waals surface area contributed by atoms with Crippen molar-refractivity contribution in [3.63, 3.8) is 0 Å². The number of aromatic hydroxyl groups is 1. The Balaban J connectivity index is 1.92. The van der Waals surface area contributed by atoms with Crippen molar-refractivity contribution in [1.82, 2.24) is 10.3 Å². The summed E-state index contributed by atoms with van der Waals surface area (Å²) in [6, 6.07) is 4.59. The van der Waals surface area contributed by atoms with Crippen LogP contribution in [0.25, 0.3) is 0 Å². The van der Waals surface area contributed by atoms with E-state index in [1.165, 1.54) is 28.8 Å². The van der Waals surface area contributed by atoms with Gasteiger partial charge in [0, 0.05) is 22.8 Å². The fourth-order valence-electron chi connectivity index (χ4n) is 1.59. The minimum atomic E-state index is -1.07. The number of carboxylic acids is 1. The first-order valence-corrected chi connectivity index (χ1v) is 7.59. The Bertz CT molecular complexity index is 687. The van der Waals surface area contributed by atoms with Crippen molar-refractivity contribution in [3.05, 3.63) is 44.3 Å². The maximum Gasteiger partial charge on any atom is 0.355 e. The van der Waals surface area contributed by atoms with Crippen molar-refractivity contribution in [2.45, 2.75) is 6.42 Å². The zero-order valence-electron chi connectivity index (χ0n) is 10.7. The lowest BCUT2D eigenvalue weighted by atomic mass is 10.2. The molecule has 0 aliphatic heterocycles. The van der Waals surface area contributed by atoms with Gasteiger partial charge in [0.15, 0.2) is 5.69 Å². The number of hydrogen-bond donors (Lipinski definition) is 3. The van der Waals surface area contributed by atoms with E-state index in [1.54, 1.807) is 6.07 Å². The van der Waals surface area contributed by atoms with Gasteiger partial charge >= 0.3 is 5.97 Å². The van der Waals surface area contributed by atoms with Crippen LogP contribution in [0.3, 0.4) is 0 Å². The van der Waals surface area contributed by atoms with Crippen LogP contribution in [-0.4, -0.2) is 33.6 Å². The number of phenols is 1. The van der Waals surface area contributed by atoms with Crippen LogP contribution in [0.1, 0.15) is 25.9 Å².